The quantitative estimate of drug-likeness (QED) is 0.488. The SMILES string of the molecule is C[C@]12CCC3c4ccc(B(O)O)cc4CCC3C1[C@@H](CCCC(=O)NCc1ccc3c(c1)OCO3)CC2=O. The van der Waals surface area contributed by atoms with Crippen LogP contribution in [0.25, 0.3) is 0 Å². The van der Waals surface area contributed by atoms with E-state index in [0.29, 0.717) is 60.1 Å². The fourth-order valence-electron chi connectivity index (χ4n) is 7.95. The van der Waals surface area contributed by atoms with Gasteiger partial charge in [0.15, 0.2) is 11.5 Å². The van der Waals surface area contributed by atoms with E-state index in [1.807, 2.05) is 30.3 Å². The first-order chi connectivity index (χ1) is 18.3. The van der Waals surface area contributed by atoms with Crippen LogP contribution in [0.5, 0.6) is 11.5 Å². The van der Waals surface area contributed by atoms with Crippen LogP contribution in [0.3, 0.4) is 0 Å². The number of carbonyl (C=O) groups is 2. The largest absolute Gasteiger partial charge is 0.488 e. The van der Waals surface area contributed by atoms with Gasteiger partial charge in [-0.05, 0) is 96.5 Å². The first-order valence-corrected chi connectivity index (χ1v) is 14.0. The van der Waals surface area contributed by atoms with Crippen LogP contribution in [0, 0.1) is 23.2 Å². The zero-order valence-corrected chi connectivity index (χ0v) is 21.9. The summed E-state index contributed by atoms with van der Waals surface area (Å²) in [5.74, 6) is 3.44. The molecule has 1 heterocycles. The molecule has 0 bridgehead atoms. The molecule has 1 amide bonds. The van der Waals surface area contributed by atoms with Crippen molar-refractivity contribution in [1.82, 2.24) is 5.32 Å². The molecular weight excluding hydrogens is 481 g/mol. The van der Waals surface area contributed by atoms with E-state index in [9.17, 15) is 19.6 Å². The molecule has 2 aromatic carbocycles. The predicted molar refractivity (Wildman–Crippen MR) is 143 cm³/mol. The Balaban J connectivity index is 1.08. The lowest BCUT2D eigenvalue weighted by molar-refractivity contribution is -0.129. The summed E-state index contributed by atoms with van der Waals surface area (Å²) in [6, 6.07) is 11.6. The lowest BCUT2D eigenvalue weighted by Crippen LogP contribution is -2.44. The van der Waals surface area contributed by atoms with Crippen molar-refractivity contribution >= 4 is 24.3 Å². The maximum atomic E-state index is 13.3. The second-order valence-corrected chi connectivity index (χ2v) is 11.9. The number of ether oxygens (including phenoxy) is 2. The minimum Gasteiger partial charge on any atom is -0.454 e. The predicted octanol–water partition coefficient (Wildman–Crippen LogP) is 3.23. The molecule has 7 nitrogen and oxygen atoms in total. The summed E-state index contributed by atoms with van der Waals surface area (Å²) in [7, 11) is -1.45. The average molecular weight is 517 g/mol. The standard InChI is InChI=1S/C30H36BNO6/c1-30-12-11-23-22-9-7-21(31(35)36)14-19(22)6-8-24(23)29(30)20(15-27(30)33)3-2-4-28(34)32-16-18-5-10-25-26(13-18)38-17-37-25/h5,7,9-10,13-14,20,23-24,29,35-36H,2-4,6,8,11-12,15-17H2,1H3,(H,32,34)/t20-,23?,24?,29?,30+/m0/s1. The molecule has 1 aliphatic heterocycles. The van der Waals surface area contributed by atoms with Gasteiger partial charge in [-0.15, -0.1) is 0 Å². The second kappa shape index (κ2) is 10.0. The number of hydrogen-bond donors (Lipinski definition) is 3. The molecule has 8 heteroatoms. The monoisotopic (exact) mass is 517 g/mol. The fraction of sp³-hybridized carbons (Fsp3) is 0.533. The molecule has 3 unspecified atom stereocenters. The Morgan fingerprint density at radius 1 is 1.13 bits per heavy atom. The number of Topliss-reactive ketones (excluding diaryl/α,β-unsaturated/α-hetero) is 1. The van der Waals surface area contributed by atoms with Gasteiger partial charge < -0.3 is 24.8 Å². The summed E-state index contributed by atoms with van der Waals surface area (Å²) < 4.78 is 10.8. The van der Waals surface area contributed by atoms with Gasteiger partial charge in [0.2, 0.25) is 12.7 Å². The maximum absolute atomic E-state index is 13.3. The second-order valence-electron chi connectivity index (χ2n) is 11.9. The zero-order valence-electron chi connectivity index (χ0n) is 21.9. The summed E-state index contributed by atoms with van der Waals surface area (Å²) >= 11 is 0. The Morgan fingerprint density at radius 3 is 2.82 bits per heavy atom. The van der Waals surface area contributed by atoms with Crippen molar-refractivity contribution < 1.29 is 29.1 Å². The third-order valence-corrected chi connectivity index (χ3v) is 9.80. The lowest BCUT2D eigenvalue weighted by Gasteiger charge is -2.50. The van der Waals surface area contributed by atoms with Gasteiger partial charge in [0.05, 0.1) is 0 Å². The molecule has 3 N–H and O–H groups in total. The molecule has 0 spiro atoms. The highest BCUT2D eigenvalue weighted by Gasteiger charge is 2.58. The zero-order chi connectivity index (χ0) is 26.4. The lowest BCUT2D eigenvalue weighted by atomic mass is 9.53. The van der Waals surface area contributed by atoms with Crippen LogP contribution in [0.4, 0.5) is 0 Å². The first-order valence-electron chi connectivity index (χ1n) is 14.0. The highest BCUT2D eigenvalue weighted by Crippen LogP contribution is 2.62. The number of benzene rings is 2. The Hall–Kier alpha value is -2.84. The van der Waals surface area contributed by atoms with E-state index in [1.54, 1.807) is 0 Å². The highest BCUT2D eigenvalue weighted by atomic mass is 16.7. The molecule has 2 aromatic rings. The molecule has 200 valence electrons. The Bertz CT molecular complexity index is 1250. The molecule has 2 fully saturated rings. The minimum absolute atomic E-state index is 0.0322. The van der Waals surface area contributed by atoms with Gasteiger partial charge in [-0.25, -0.2) is 0 Å². The summed E-state index contributed by atoms with van der Waals surface area (Å²) in [5.41, 5.74) is 3.82. The van der Waals surface area contributed by atoms with Gasteiger partial charge in [-0.3, -0.25) is 9.59 Å². The van der Waals surface area contributed by atoms with E-state index in [2.05, 4.69) is 18.3 Å². The molecule has 0 aromatic heterocycles. The molecular formula is C30H36BNO6. The Labute approximate surface area is 224 Å². The van der Waals surface area contributed by atoms with Gasteiger partial charge in [-0.2, -0.15) is 0 Å². The fourth-order valence-corrected chi connectivity index (χ4v) is 7.95. The topological polar surface area (TPSA) is 105 Å². The number of carbonyl (C=O) groups excluding carboxylic acids is 2. The van der Waals surface area contributed by atoms with Crippen molar-refractivity contribution in [2.45, 2.75) is 70.8 Å². The summed E-state index contributed by atoms with van der Waals surface area (Å²) in [6.45, 7) is 2.88. The smallest absolute Gasteiger partial charge is 0.454 e. The Kier molecular flexibility index (Phi) is 6.73. The number of amides is 1. The van der Waals surface area contributed by atoms with E-state index < -0.39 is 7.12 Å². The average Bonchev–Trinajstić information content (AvgIpc) is 3.48. The van der Waals surface area contributed by atoms with Crippen LogP contribution >= 0.6 is 0 Å². The van der Waals surface area contributed by atoms with Crippen molar-refractivity contribution in [2.75, 3.05) is 6.79 Å². The molecule has 6 rings (SSSR count). The van der Waals surface area contributed by atoms with Crippen LogP contribution in [0.15, 0.2) is 36.4 Å². The first kappa shape index (κ1) is 25.4. The van der Waals surface area contributed by atoms with E-state index in [0.717, 1.165) is 49.8 Å². The van der Waals surface area contributed by atoms with Crippen molar-refractivity contribution in [3.8, 4) is 11.5 Å². The Morgan fingerprint density at radius 2 is 1.97 bits per heavy atom. The normalized spacial score (nSPS) is 28.9. The number of ketones is 1. The molecule has 38 heavy (non-hydrogen) atoms. The van der Waals surface area contributed by atoms with E-state index in [4.69, 9.17) is 9.47 Å². The summed E-state index contributed by atoms with van der Waals surface area (Å²) in [5, 5.41) is 22.2. The van der Waals surface area contributed by atoms with Gasteiger partial charge >= 0.3 is 7.12 Å². The van der Waals surface area contributed by atoms with Gasteiger partial charge in [-0.1, -0.05) is 31.2 Å². The van der Waals surface area contributed by atoms with E-state index in [-0.39, 0.29) is 18.1 Å². The maximum Gasteiger partial charge on any atom is 0.488 e. The summed E-state index contributed by atoms with van der Waals surface area (Å²) in [6.07, 6.45) is 6.63. The molecule has 3 aliphatic carbocycles. The van der Waals surface area contributed by atoms with E-state index >= 15 is 0 Å². The van der Waals surface area contributed by atoms with Gasteiger partial charge in [0.25, 0.3) is 0 Å². The molecule has 4 aliphatic rings. The van der Waals surface area contributed by atoms with Gasteiger partial charge in [0, 0.05) is 24.8 Å². The third-order valence-electron chi connectivity index (χ3n) is 9.80. The number of nitrogens with one attached hydrogen (secondary N) is 1. The highest BCUT2D eigenvalue weighted by molar-refractivity contribution is 6.58. The van der Waals surface area contributed by atoms with E-state index in [1.165, 1.54) is 11.1 Å². The summed E-state index contributed by atoms with van der Waals surface area (Å²) in [4.78, 5) is 25.9. The number of hydrogen-bond acceptors (Lipinski definition) is 6. The van der Waals surface area contributed by atoms with Crippen LogP contribution in [-0.4, -0.2) is 35.6 Å². The molecule has 2 saturated carbocycles. The van der Waals surface area contributed by atoms with Crippen LogP contribution in [0.2, 0.25) is 0 Å². The molecule has 5 atom stereocenters. The third kappa shape index (κ3) is 4.52. The number of rotatable bonds is 7. The number of aryl methyl sites for hydroxylation is 1. The van der Waals surface area contributed by atoms with Crippen molar-refractivity contribution in [2.24, 2.45) is 23.2 Å². The van der Waals surface area contributed by atoms with Crippen molar-refractivity contribution in [1.29, 1.82) is 0 Å². The van der Waals surface area contributed by atoms with Crippen LogP contribution in [0.1, 0.15) is 74.5 Å². The van der Waals surface area contributed by atoms with Gasteiger partial charge in [0.1, 0.15) is 5.78 Å². The molecule has 0 saturated heterocycles. The van der Waals surface area contributed by atoms with Crippen LogP contribution < -0.4 is 20.3 Å². The van der Waals surface area contributed by atoms with Crippen LogP contribution in [-0.2, 0) is 22.6 Å². The molecule has 0 radical (unpaired) electrons. The van der Waals surface area contributed by atoms with Crippen molar-refractivity contribution in [3.63, 3.8) is 0 Å². The number of fused-ring (bicyclic) bond motifs is 6. The minimum atomic E-state index is -1.45. The van der Waals surface area contributed by atoms with Crippen molar-refractivity contribution in [3.05, 3.63) is 53.1 Å².